The van der Waals surface area contributed by atoms with Crippen LogP contribution in [0, 0.1) is 0 Å². The standard InChI is InChI=1S/C24H24N2O2S/c1-24(2,20-14-8-7-12-18(20)17-10-5-4-6-11-17)21-16-25-23-19(21)13-9-15-22(23)26-29(3,27)28/h4-16,25-26H,1-3H3. The van der Waals surface area contributed by atoms with E-state index in [-0.39, 0.29) is 5.41 Å². The van der Waals surface area contributed by atoms with Gasteiger partial charge >= 0.3 is 0 Å². The smallest absolute Gasteiger partial charge is 0.229 e. The molecule has 0 aliphatic carbocycles. The molecule has 0 radical (unpaired) electrons. The van der Waals surface area contributed by atoms with Gasteiger partial charge in [0.15, 0.2) is 0 Å². The Bertz CT molecular complexity index is 1270. The second kappa shape index (κ2) is 7.08. The zero-order valence-electron chi connectivity index (χ0n) is 16.7. The third-order valence-electron chi connectivity index (χ3n) is 5.37. The lowest BCUT2D eigenvalue weighted by molar-refractivity contribution is 0.607. The van der Waals surface area contributed by atoms with Crippen molar-refractivity contribution in [3.05, 3.63) is 90.1 Å². The van der Waals surface area contributed by atoms with E-state index in [0.717, 1.165) is 22.7 Å². The summed E-state index contributed by atoms with van der Waals surface area (Å²) in [5.74, 6) is 0. The number of fused-ring (bicyclic) bond motifs is 1. The number of aromatic nitrogens is 1. The molecule has 0 saturated heterocycles. The molecular formula is C24H24N2O2S. The van der Waals surface area contributed by atoms with E-state index in [1.807, 2.05) is 36.5 Å². The van der Waals surface area contributed by atoms with Crippen molar-refractivity contribution in [2.75, 3.05) is 11.0 Å². The first kappa shape index (κ1) is 19.3. The molecule has 0 atom stereocenters. The Morgan fingerprint density at radius 2 is 1.52 bits per heavy atom. The summed E-state index contributed by atoms with van der Waals surface area (Å²) < 4.78 is 26.1. The lowest BCUT2D eigenvalue weighted by Crippen LogP contribution is -2.19. The fourth-order valence-electron chi connectivity index (χ4n) is 4.00. The van der Waals surface area contributed by atoms with Crippen molar-refractivity contribution >= 4 is 26.6 Å². The van der Waals surface area contributed by atoms with E-state index < -0.39 is 10.0 Å². The van der Waals surface area contributed by atoms with E-state index >= 15 is 0 Å². The van der Waals surface area contributed by atoms with E-state index in [1.165, 1.54) is 16.7 Å². The van der Waals surface area contributed by atoms with Crippen molar-refractivity contribution in [2.24, 2.45) is 0 Å². The third-order valence-corrected chi connectivity index (χ3v) is 5.96. The summed E-state index contributed by atoms with van der Waals surface area (Å²) in [5.41, 5.74) is 5.76. The van der Waals surface area contributed by atoms with Gasteiger partial charge < -0.3 is 4.98 Å². The SMILES string of the molecule is CC(C)(c1ccccc1-c1ccccc1)c1c[nH]c2c(NS(C)(=O)=O)cccc12. The summed E-state index contributed by atoms with van der Waals surface area (Å²) in [5, 5.41) is 1.01. The maximum Gasteiger partial charge on any atom is 0.229 e. The van der Waals surface area contributed by atoms with E-state index in [9.17, 15) is 8.42 Å². The Morgan fingerprint density at radius 3 is 2.24 bits per heavy atom. The first-order valence-corrected chi connectivity index (χ1v) is 11.4. The van der Waals surface area contributed by atoms with Crippen LogP contribution >= 0.6 is 0 Å². The highest BCUT2D eigenvalue weighted by atomic mass is 32.2. The molecule has 0 unspecified atom stereocenters. The van der Waals surface area contributed by atoms with E-state index in [1.54, 1.807) is 6.07 Å². The van der Waals surface area contributed by atoms with Gasteiger partial charge in [0.1, 0.15) is 0 Å². The number of H-pyrrole nitrogens is 1. The van der Waals surface area contributed by atoms with Crippen LogP contribution in [0.2, 0.25) is 0 Å². The zero-order valence-corrected chi connectivity index (χ0v) is 17.5. The summed E-state index contributed by atoms with van der Waals surface area (Å²) in [6.07, 6.45) is 3.15. The first-order valence-electron chi connectivity index (χ1n) is 9.51. The van der Waals surface area contributed by atoms with Gasteiger partial charge in [-0.05, 0) is 28.3 Å². The Balaban J connectivity index is 1.88. The molecule has 0 amide bonds. The fourth-order valence-corrected chi connectivity index (χ4v) is 4.57. The van der Waals surface area contributed by atoms with Gasteiger partial charge in [-0.25, -0.2) is 8.42 Å². The number of aromatic amines is 1. The van der Waals surface area contributed by atoms with E-state index in [0.29, 0.717) is 5.69 Å². The number of anilines is 1. The molecule has 1 aromatic heterocycles. The predicted molar refractivity (Wildman–Crippen MR) is 121 cm³/mol. The highest BCUT2D eigenvalue weighted by Gasteiger charge is 2.29. The fraction of sp³-hybridized carbons (Fsp3) is 0.167. The average Bonchev–Trinajstić information content (AvgIpc) is 3.14. The van der Waals surface area contributed by atoms with Crippen molar-refractivity contribution in [1.82, 2.24) is 4.98 Å². The van der Waals surface area contributed by atoms with Gasteiger partial charge in [-0.1, -0.05) is 80.6 Å². The summed E-state index contributed by atoms with van der Waals surface area (Å²) in [6.45, 7) is 4.40. The number of sulfonamides is 1. The molecule has 0 saturated carbocycles. The van der Waals surface area contributed by atoms with Gasteiger partial charge in [0, 0.05) is 17.0 Å². The number of hydrogen-bond acceptors (Lipinski definition) is 2. The van der Waals surface area contributed by atoms with Gasteiger partial charge in [0.2, 0.25) is 10.0 Å². The number of benzene rings is 3. The molecule has 0 fully saturated rings. The monoisotopic (exact) mass is 404 g/mol. The number of para-hydroxylation sites is 1. The largest absolute Gasteiger partial charge is 0.359 e. The van der Waals surface area contributed by atoms with Crippen molar-refractivity contribution in [2.45, 2.75) is 19.3 Å². The normalized spacial score (nSPS) is 12.2. The Morgan fingerprint density at radius 1 is 0.828 bits per heavy atom. The molecule has 4 aromatic rings. The summed E-state index contributed by atoms with van der Waals surface area (Å²) in [4.78, 5) is 3.29. The van der Waals surface area contributed by atoms with Crippen LogP contribution in [0.5, 0.6) is 0 Å². The summed E-state index contributed by atoms with van der Waals surface area (Å²) in [7, 11) is -3.36. The van der Waals surface area contributed by atoms with Crippen LogP contribution in [0.4, 0.5) is 5.69 Å². The number of nitrogens with one attached hydrogen (secondary N) is 2. The highest BCUT2D eigenvalue weighted by Crippen LogP contribution is 2.41. The van der Waals surface area contributed by atoms with Gasteiger partial charge in [-0.2, -0.15) is 0 Å². The van der Waals surface area contributed by atoms with Crippen LogP contribution in [0.15, 0.2) is 79.0 Å². The Hall–Kier alpha value is -3.05. The van der Waals surface area contributed by atoms with Crippen molar-refractivity contribution < 1.29 is 8.42 Å². The molecule has 0 aliphatic heterocycles. The van der Waals surface area contributed by atoms with Crippen LogP contribution in [-0.4, -0.2) is 19.7 Å². The van der Waals surface area contributed by atoms with Gasteiger partial charge in [-0.15, -0.1) is 0 Å². The van der Waals surface area contributed by atoms with Crippen molar-refractivity contribution in [3.8, 4) is 11.1 Å². The number of rotatable bonds is 5. The first-order chi connectivity index (χ1) is 13.8. The van der Waals surface area contributed by atoms with Crippen LogP contribution in [0.1, 0.15) is 25.0 Å². The van der Waals surface area contributed by atoms with Crippen LogP contribution in [0.3, 0.4) is 0 Å². The van der Waals surface area contributed by atoms with Crippen LogP contribution in [0.25, 0.3) is 22.0 Å². The molecule has 2 N–H and O–H groups in total. The van der Waals surface area contributed by atoms with Gasteiger partial charge in [0.05, 0.1) is 17.5 Å². The minimum atomic E-state index is -3.36. The Labute approximate surface area is 171 Å². The van der Waals surface area contributed by atoms with E-state index in [4.69, 9.17) is 0 Å². The minimum absolute atomic E-state index is 0.297. The summed E-state index contributed by atoms with van der Waals surface area (Å²) >= 11 is 0. The quantitative estimate of drug-likeness (QED) is 0.459. The molecular weight excluding hydrogens is 380 g/mol. The maximum atomic E-state index is 11.7. The molecule has 5 heteroatoms. The number of hydrogen-bond donors (Lipinski definition) is 2. The predicted octanol–water partition coefficient (Wildman–Crippen LogP) is 5.53. The van der Waals surface area contributed by atoms with Gasteiger partial charge in [-0.3, -0.25) is 4.72 Å². The molecule has 0 spiro atoms. The molecule has 4 rings (SSSR count). The van der Waals surface area contributed by atoms with Crippen LogP contribution in [-0.2, 0) is 15.4 Å². The second-order valence-corrected chi connectivity index (χ2v) is 9.59. The molecule has 4 nitrogen and oxygen atoms in total. The maximum absolute atomic E-state index is 11.7. The molecule has 3 aromatic carbocycles. The topological polar surface area (TPSA) is 62.0 Å². The zero-order chi connectivity index (χ0) is 20.6. The lowest BCUT2D eigenvalue weighted by Gasteiger charge is -2.28. The van der Waals surface area contributed by atoms with Crippen LogP contribution < -0.4 is 4.72 Å². The average molecular weight is 405 g/mol. The second-order valence-electron chi connectivity index (χ2n) is 7.84. The summed E-state index contributed by atoms with van der Waals surface area (Å²) in [6, 6.07) is 24.5. The molecule has 148 valence electrons. The lowest BCUT2D eigenvalue weighted by atomic mass is 9.75. The minimum Gasteiger partial charge on any atom is -0.359 e. The molecule has 1 heterocycles. The third kappa shape index (κ3) is 3.66. The Kier molecular flexibility index (Phi) is 4.71. The molecule has 0 bridgehead atoms. The van der Waals surface area contributed by atoms with Crippen molar-refractivity contribution in [1.29, 1.82) is 0 Å². The molecule has 29 heavy (non-hydrogen) atoms. The van der Waals surface area contributed by atoms with Gasteiger partial charge in [0.25, 0.3) is 0 Å². The highest BCUT2D eigenvalue weighted by molar-refractivity contribution is 7.92. The van der Waals surface area contributed by atoms with Crippen molar-refractivity contribution in [3.63, 3.8) is 0 Å². The molecule has 0 aliphatic rings. The van der Waals surface area contributed by atoms with E-state index in [2.05, 4.69) is 60.0 Å².